The van der Waals surface area contributed by atoms with Gasteiger partial charge in [0.1, 0.15) is 6.61 Å². The lowest BCUT2D eigenvalue weighted by molar-refractivity contribution is -0.122. The summed E-state index contributed by atoms with van der Waals surface area (Å²) in [4.78, 5) is 10.4. The molecule has 0 aromatic rings. The van der Waals surface area contributed by atoms with Crippen molar-refractivity contribution >= 4 is 15.9 Å². The first-order valence-corrected chi connectivity index (χ1v) is 6.23. The number of hydrogen-bond acceptors (Lipinski definition) is 6. The van der Waals surface area contributed by atoms with Crippen LogP contribution in [0.3, 0.4) is 0 Å². The minimum absolute atomic E-state index is 0.00839. The number of ether oxygens (including phenoxy) is 2. The zero-order valence-corrected chi connectivity index (χ0v) is 9.71. The first kappa shape index (κ1) is 14.5. The Morgan fingerprint density at radius 2 is 1.60 bits per heavy atom. The highest BCUT2D eigenvalue weighted by Crippen LogP contribution is 1.87. The van der Waals surface area contributed by atoms with E-state index in [2.05, 4.69) is 4.18 Å². The second kappa shape index (κ2) is 7.75. The predicted molar refractivity (Wildman–Crippen MR) is 53.1 cm³/mol. The molecular formula is C8H16O6S. The van der Waals surface area contributed by atoms with Gasteiger partial charge in [0.2, 0.25) is 0 Å². The maximum atomic E-state index is 10.5. The van der Waals surface area contributed by atoms with E-state index >= 15 is 0 Å². The van der Waals surface area contributed by atoms with Crippen LogP contribution >= 0.6 is 0 Å². The molecule has 0 aromatic heterocycles. The van der Waals surface area contributed by atoms with E-state index in [1.165, 1.54) is 6.92 Å². The van der Waals surface area contributed by atoms with Crippen molar-refractivity contribution in [2.24, 2.45) is 0 Å². The van der Waals surface area contributed by atoms with E-state index in [1.807, 2.05) is 0 Å². The molecular weight excluding hydrogens is 224 g/mol. The van der Waals surface area contributed by atoms with Crippen LogP contribution in [0.15, 0.2) is 0 Å². The Labute approximate surface area is 89.6 Å². The number of carbonyl (C=O) groups excluding carboxylic acids is 1. The summed E-state index contributed by atoms with van der Waals surface area (Å²) in [5.74, 6) is -0.0459. The highest BCUT2D eigenvalue weighted by Gasteiger charge is 2.00. The normalized spacial score (nSPS) is 11.6. The molecule has 0 atom stereocenters. The summed E-state index contributed by atoms with van der Waals surface area (Å²) >= 11 is 0. The number of ketones is 1. The standard InChI is InChI=1S/C8H16O6S/c1-8(9)7-13-4-3-12-5-6-14-15(2,10)11/h3-7H2,1-2H3. The molecule has 0 aliphatic heterocycles. The second-order valence-corrected chi connectivity index (χ2v) is 4.54. The fourth-order valence-corrected chi connectivity index (χ4v) is 1.05. The van der Waals surface area contributed by atoms with Gasteiger partial charge in [-0.1, -0.05) is 0 Å². The predicted octanol–water partition coefficient (Wildman–Crippen LogP) is -0.415. The lowest BCUT2D eigenvalue weighted by atomic mass is 10.5. The van der Waals surface area contributed by atoms with Crippen LogP contribution in [0.5, 0.6) is 0 Å². The molecule has 0 unspecified atom stereocenters. The first-order valence-electron chi connectivity index (χ1n) is 4.41. The lowest BCUT2D eigenvalue weighted by Crippen LogP contribution is -2.13. The Morgan fingerprint density at radius 3 is 2.13 bits per heavy atom. The highest BCUT2D eigenvalue weighted by atomic mass is 32.2. The number of Topliss-reactive ketones (excluding diaryl/α,β-unsaturated/α-hetero) is 1. The summed E-state index contributed by atoms with van der Waals surface area (Å²) in [5, 5.41) is 0. The summed E-state index contributed by atoms with van der Waals surface area (Å²) < 4.78 is 35.3. The molecule has 6 nitrogen and oxygen atoms in total. The van der Waals surface area contributed by atoms with Crippen molar-refractivity contribution < 1.29 is 26.9 Å². The van der Waals surface area contributed by atoms with Gasteiger partial charge in [0.15, 0.2) is 5.78 Å². The van der Waals surface area contributed by atoms with Gasteiger partial charge >= 0.3 is 0 Å². The van der Waals surface area contributed by atoms with Crippen molar-refractivity contribution in [2.75, 3.05) is 39.3 Å². The molecule has 0 fully saturated rings. The Kier molecular flexibility index (Phi) is 7.49. The van der Waals surface area contributed by atoms with Gasteiger partial charge in [-0.2, -0.15) is 8.42 Å². The quantitative estimate of drug-likeness (QED) is 0.402. The van der Waals surface area contributed by atoms with E-state index in [0.29, 0.717) is 13.2 Å². The highest BCUT2D eigenvalue weighted by molar-refractivity contribution is 7.85. The SMILES string of the molecule is CC(=O)COCCOCCOS(C)(=O)=O. The van der Waals surface area contributed by atoms with Gasteiger partial charge < -0.3 is 9.47 Å². The molecule has 15 heavy (non-hydrogen) atoms. The molecule has 0 N–H and O–H groups in total. The average Bonchev–Trinajstić information content (AvgIpc) is 2.07. The Morgan fingerprint density at radius 1 is 1.07 bits per heavy atom. The van der Waals surface area contributed by atoms with E-state index in [-0.39, 0.29) is 25.6 Å². The van der Waals surface area contributed by atoms with Crippen molar-refractivity contribution in [1.82, 2.24) is 0 Å². The van der Waals surface area contributed by atoms with Gasteiger partial charge in [0.05, 0.1) is 32.7 Å². The zero-order valence-electron chi connectivity index (χ0n) is 8.89. The summed E-state index contributed by atoms with van der Waals surface area (Å²) in [7, 11) is -3.39. The Bertz CT molecular complexity index is 271. The van der Waals surface area contributed by atoms with Gasteiger partial charge in [-0.05, 0) is 6.92 Å². The van der Waals surface area contributed by atoms with Crippen LogP contribution in [0.4, 0.5) is 0 Å². The first-order chi connectivity index (χ1) is 6.92. The van der Waals surface area contributed by atoms with Crippen molar-refractivity contribution in [3.63, 3.8) is 0 Å². The third-order valence-electron chi connectivity index (χ3n) is 1.20. The molecule has 0 aliphatic carbocycles. The van der Waals surface area contributed by atoms with Gasteiger partial charge in [-0.25, -0.2) is 0 Å². The van der Waals surface area contributed by atoms with E-state index in [9.17, 15) is 13.2 Å². The molecule has 0 rings (SSSR count). The smallest absolute Gasteiger partial charge is 0.264 e. The average molecular weight is 240 g/mol. The van der Waals surface area contributed by atoms with Crippen molar-refractivity contribution in [1.29, 1.82) is 0 Å². The fraction of sp³-hybridized carbons (Fsp3) is 0.875. The van der Waals surface area contributed by atoms with E-state index in [1.54, 1.807) is 0 Å². The van der Waals surface area contributed by atoms with E-state index in [0.717, 1.165) is 6.26 Å². The van der Waals surface area contributed by atoms with Gasteiger partial charge in [0.25, 0.3) is 10.1 Å². The molecule has 0 bridgehead atoms. The maximum Gasteiger partial charge on any atom is 0.264 e. The summed E-state index contributed by atoms with van der Waals surface area (Å²) in [6, 6.07) is 0. The molecule has 0 saturated carbocycles. The maximum absolute atomic E-state index is 10.5. The van der Waals surface area contributed by atoms with Crippen molar-refractivity contribution in [2.45, 2.75) is 6.92 Å². The van der Waals surface area contributed by atoms with Crippen LogP contribution in [-0.4, -0.2) is 53.5 Å². The van der Waals surface area contributed by atoms with E-state index in [4.69, 9.17) is 9.47 Å². The van der Waals surface area contributed by atoms with E-state index < -0.39 is 10.1 Å². The monoisotopic (exact) mass is 240 g/mol. The van der Waals surface area contributed by atoms with Gasteiger partial charge in [-0.3, -0.25) is 8.98 Å². The Hall–Kier alpha value is -0.500. The van der Waals surface area contributed by atoms with Crippen molar-refractivity contribution in [3.05, 3.63) is 0 Å². The molecule has 0 radical (unpaired) electrons. The molecule has 0 aromatic carbocycles. The minimum Gasteiger partial charge on any atom is -0.377 e. The van der Waals surface area contributed by atoms with Gasteiger partial charge in [0, 0.05) is 0 Å². The topological polar surface area (TPSA) is 78.9 Å². The van der Waals surface area contributed by atoms with Crippen LogP contribution in [0.2, 0.25) is 0 Å². The van der Waals surface area contributed by atoms with Crippen molar-refractivity contribution in [3.8, 4) is 0 Å². The second-order valence-electron chi connectivity index (χ2n) is 2.89. The Balaban J connectivity index is 3.16. The van der Waals surface area contributed by atoms with Crippen LogP contribution < -0.4 is 0 Å². The molecule has 7 heteroatoms. The van der Waals surface area contributed by atoms with Gasteiger partial charge in [-0.15, -0.1) is 0 Å². The minimum atomic E-state index is -3.39. The van der Waals surface area contributed by atoms with Crippen LogP contribution in [0.1, 0.15) is 6.92 Å². The molecule has 0 amide bonds. The largest absolute Gasteiger partial charge is 0.377 e. The third-order valence-corrected chi connectivity index (χ3v) is 1.80. The molecule has 0 heterocycles. The number of carbonyl (C=O) groups is 1. The molecule has 0 aliphatic rings. The molecule has 90 valence electrons. The fourth-order valence-electron chi connectivity index (χ4n) is 0.680. The van der Waals surface area contributed by atoms with Crippen LogP contribution in [0, 0.1) is 0 Å². The number of rotatable bonds is 9. The van der Waals surface area contributed by atoms with Crippen LogP contribution in [0.25, 0.3) is 0 Å². The summed E-state index contributed by atoms with van der Waals surface area (Å²) in [6.07, 6.45) is 0.975. The summed E-state index contributed by atoms with van der Waals surface area (Å²) in [5.41, 5.74) is 0. The zero-order chi connectivity index (χ0) is 11.7. The third kappa shape index (κ3) is 13.5. The lowest BCUT2D eigenvalue weighted by Gasteiger charge is -2.04. The number of hydrogen-bond donors (Lipinski definition) is 0. The molecule has 0 spiro atoms. The molecule has 0 saturated heterocycles. The summed E-state index contributed by atoms with van der Waals surface area (Å²) in [6.45, 7) is 2.28. The van der Waals surface area contributed by atoms with Crippen LogP contribution in [-0.2, 0) is 28.6 Å².